The molecular formula is C19H21N3O3S2. The highest BCUT2D eigenvalue weighted by Gasteiger charge is 2.34. The molecule has 4 rings (SSSR count). The van der Waals surface area contributed by atoms with Crippen molar-refractivity contribution in [2.45, 2.75) is 37.8 Å². The minimum absolute atomic E-state index is 0.0499. The van der Waals surface area contributed by atoms with E-state index >= 15 is 0 Å². The van der Waals surface area contributed by atoms with Crippen LogP contribution in [0, 0.1) is 5.92 Å². The molecule has 27 heavy (non-hydrogen) atoms. The van der Waals surface area contributed by atoms with Crippen LogP contribution in [0.3, 0.4) is 0 Å². The fourth-order valence-electron chi connectivity index (χ4n) is 3.48. The first-order chi connectivity index (χ1) is 12.9. The zero-order valence-electron chi connectivity index (χ0n) is 15.2. The van der Waals surface area contributed by atoms with Gasteiger partial charge < -0.3 is 4.90 Å². The van der Waals surface area contributed by atoms with Crippen LogP contribution in [0.25, 0.3) is 0 Å². The first-order valence-electron chi connectivity index (χ1n) is 8.91. The maximum Gasteiger partial charge on any atom is 0.263 e. The van der Waals surface area contributed by atoms with E-state index in [-0.39, 0.29) is 22.6 Å². The van der Waals surface area contributed by atoms with Crippen molar-refractivity contribution in [1.29, 1.82) is 0 Å². The molecule has 8 heteroatoms. The summed E-state index contributed by atoms with van der Waals surface area (Å²) in [7, 11) is -3.61. The van der Waals surface area contributed by atoms with E-state index in [4.69, 9.17) is 0 Å². The number of rotatable bonds is 3. The summed E-state index contributed by atoms with van der Waals surface area (Å²) in [6.45, 7) is 5.13. The van der Waals surface area contributed by atoms with Crippen LogP contribution in [0.5, 0.6) is 0 Å². The monoisotopic (exact) mass is 403 g/mol. The first-order valence-corrected chi connectivity index (χ1v) is 11.3. The van der Waals surface area contributed by atoms with Crippen molar-refractivity contribution in [2.24, 2.45) is 10.9 Å². The van der Waals surface area contributed by atoms with Gasteiger partial charge in [0.25, 0.3) is 10.0 Å². The van der Waals surface area contributed by atoms with Gasteiger partial charge in [0.15, 0.2) is 0 Å². The molecule has 1 amide bonds. The largest absolute Gasteiger partial charge is 0.336 e. The third-order valence-corrected chi connectivity index (χ3v) is 7.35. The molecule has 0 unspecified atom stereocenters. The van der Waals surface area contributed by atoms with Gasteiger partial charge in [0.1, 0.15) is 11.9 Å². The predicted molar refractivity (Wildman–Crippen MR) is 105 cm³/mol. The van der Waals surface area contributed by atoms with Crippen LogP contribution >= 0.6 is 11.3 Å². The van der Waals surface area contributed by atoms with E-state index in [1.54, 1.807) is 35.6 Å². The summed E-state index contributed by atoms with van der Waals surface area (Å²) in [5, 5.41) is 2.06. The Bertz CT molecular complexity index is 1020. The molecule has 0 bridgehead atoms. The van der Waals surface area contributed by atoms with Crippen molar-refractivity contribution in [1.82, 2.24) is 9.62 Å². The SMILES string of the molecule is CC(C)[C@H](N=C1NS(=O)(=O)c2ccccc21)C(=O)N1CCc2sccc2C1. The fourth-order valence-corrected chi connectivity index (χ4v) is 5.61. The van der Waals surface area contributed by atoms with Gasteiger partial charge in [-0.3, -0.25) is 14.5 Å². The Labute approximate surface area is 163 Å². The number of amides is 1. The lowest BCUT2D eigenvalue weighted by molar-refractivity contribution is -0.134. The second-order valence-electron chi connectivity index (χ2n) is 7.15. The highest BCUT2D eigenvalue weighted by Crippen LogP contribution is 2.27. The van der Waals surface area contributed by atoms with Crippen LogP contribution in [0.2, 0.25) is 0 Å². The van der Waals surface area contributed by atoms with Crippen LogP contribution in [-0.2, 0) is 27.8 Å². The molecule has 3 heterocycles. The predicted octanol–water partition coefficient (Wildman–Crippen LogP) is 2.40. The van der Waals surface area contributed by atoms with E-state index in [0.717, 1.165) is 6.42 Å². The highest BCUT2D eigenvalue weighted by atomic mass is 32.2. The van der Waals surface area contributed by atoms with Gasteiger partial charge in [-0.1, -0.05) is 26.0 Å². The molecule has 6 nitrogen and oxygen atoms in total. The second-order valence-corrected chi connectivity index (χ2v) is 9.80. The lowest BCUT2D eigenvalue weighted by Crippen LogP contribution is -2.43. The smallest absolute Gasteiger partial charge is 0.263 e. The molecule has 1 aromatic carbocycles. The van der Waals surface area contributed by atoms with Crippen LogP contribution in [0.1, 0.15) is 29.9 Å². The van der Waals surface area contributed by atoms with Crippen molar-refractivity contribution >= 4 is 33.1 Å². The summed E-state index contributed by atoms with van der Waals surface area (Å²) in [4.78, 5) is 21.1. The summed E-state index contributed by atoms with van der Waals surface area (Å²) in [5.41, 5.74) is 1.72. The van der Waals surface area contributed by atoms with Gasteiger partial charge in [0, 0.05) is 23.5 Å². The number of fused-ring (bicyclic) bond motifs is 2. The minimum Gasteiger partial charge on any atom is -0.336 e. The first kappa shape index (κ1) is 18.2. The maximum atomic E-state index is 13.2. The molecule has 142 valence electrons. The molecule has 2 aliphatic heterocycles. The molecule has 1 aromatic heterocycles. The molecule has 1 N–H and O–H groups in total. The van der Waals surface area contributed by atoms with Gasteiger partial charge in [-0.25, -0.2) is 8.42 Å². The molecule has 0 radical (unpaired) electrons. The number of aliphatic imine (C=N–C) groups is 1. The highest BCUT2D eigenvalue weighted by molar-refractivity contribution is 7.90. The average Bonchev–Trinajstić information content (AvgIpc) is 3.21. The molecule has 0 aliphatic carbocycles. The Kier molecular flexibility index (Phi) is 4.55. The quantitative estimate of drug-likeness (QED) is 0.855. The molecule has 2 aliphatic rings. The van der Waals surface area contributed by atoms with E-state index in [1.165, 1.54) is 10.4 Å². The Morgan fingerprint density at radius 3 is 2.81 bits per heavy atom. The van der Waals surface area contributed by atoms with Gasteiger partial charge in [-0.2, -0.15) is 0 Å². The summed E-state index contributed by atoms with van der Waals surface area (Å²) < 4.78 is 27.1. The zero-order chi connectivity index (χ0) is 19.2. The Morgan fingerprint density at radius 1 is 1.26 bits per heavy atom. The number of benzene rings is 1. The van der Waals surface area contributed by atoms with Crippen molar-refractivity contribution in [2.75, 3.05) is 6.54 Å². The van der Waals surface area contributed by atoms with Crippen LogP contribution in [-0.4, -0.2) is 37.6 Å². The van der Waals surface area contributed by atoms with Gasteiger partial charge in [0.2, 0.25) is 5.91 Å². The number of nitrogens with one attached hydrogen (secondary N) is 1. The Balaban J connectivity index is 1.65. The van der Waals surface area contributed by atoms with E-state index in [1.807, 2.05) is 18.7 Å². The molecule has 0 saturated heterocycles. The maximum absolute atomic E-state index is 13.2. The third kappa shape index (κ3) is 3.27. The third-order valence-electron chi connectivity index (χ3n) is 4.93. The van der Waals surface area contributed by atoms with E-state index in [0.29, 0.717) is 18.7 Å². The van der Waals surface area contributed by atoms with Crippen LogP contribution in [0.15, 0.2) is 45.6 Å². The standard InChI is InChI=1S/C19H21N3O3S2/c1-12(2)17(19(23)22-9-7-15-13(11-22)8-10-26-15)20-18-14-5-3-4-6-16(14)27(24,25)21-18/h3-6,8,10,12,17H,7,9,11H2,1-2H3,(H,20,21)/t17-/m0/s1. The molecule has 0 saturated carbocycles. The van der Waals surface area contributed by atoms with Crippen molar-refractivity contribution in [3.63, 3.8) is 0 Å². The number of amidine groups is 1. The normalized spacial score (nSPS) is 20.3. The van der Waals surface area contributed by atoms with Crippen molar-refractivity contribution < 1.29 is 13.2 Å². The van der Waals surface area contributed by atoms with E-state index in [2.05, 4.69) is 21.2 Å². The van der Waals surface area contributed by atoms with Crippen molar-refractivity contribution in [3.8, 4) is 0 Å². The van der Waals surface area contributed by atoms with Gasteiger partial charge in [-0.05, 0) is 41.5 Å². The van der Waals surface area contributed by atoms with E-state index in [9.17, 15) is 13.2 Å². The molecular weight excluding hydrogens is 382 g/mol. The van der Waals surface area contributed by atoms with Crippen LogP contribution < -0.4 is 4.72 Å². The Hall–Kier alpha value is -2.19. The number of hydrogen-bond acceptors (Lipinski definition) is 5. The number of thiophene rings is 1. The van der Waals surface area contributed by atoms with Gasteiger partial charge in [0.05, 0.1) is 4.90 Å². The number of nitrogens with zero attached hydrogens (tertiary/aromatic N) is 2. The van der Waals surface area contributed by atoms with Crippen molar-refractivity contribution in [3.05, 3.63) is 51.7 Å². The summed E-state index contributed by atoms with van der Waals surface area (Å²) in [6, 6.07) is 8.15. The van der Waals surface area contributed by atoms with E-state index < -0.39 is 16.1 Å². The zero-order valence-corrected chi connectivity index (χ0v) is 16.8. The minimum atomic E-state index is -3.61. The molecule has 0 spiro atoms. The lowest BCUT2D eigenvalue weighted by atomic mass is 10.0. The topological polar surface area (TPSA) is 78.8 Å². The molecule has 2 aromatic rings. The number of hydrogen-bond donors (Lipinski definition) is 1. The second kappa shape index (κ2) is 6.76. The molecule has 1 atom stereocenters. The van der Waals surface area contributed by atoms with Gasteiger partial charge in [-0.15, -0.1) is 11.3 Å². The number of carbonyl (C=O) groups excluding carboxylic acids is 1. The van der Waals surface area contributed by atoms with Crippen LogP contribution in [0.4, 0.5) is 0 Å². The average molecular weight is 404 g/mol. The lowest BCUT2D eigenvalue weighted by Gasteiger charge is -2.30. The number of carbonyl (C=O) groups is 1. The Morgan fingerprint density at radius 2 is 2.04 bits per heavy atom. The summed E-state index contributed by atoms with van der Waals surface area (Å²) in [6.07, 6.45) is 0.857. The van der Waals surface area contributed by atoms with Gasteiger partial charge >= 0.3 is 0 Å². The summed E-state index contributed by atoms with van der Waals surface area (Å²) >= 11 is 1.73. The number of sulfonamides is 1. The fraction of sp³-hybridized carbons (Fsp3) is 0.368. The summed E-state index contributed by atoms with van der Waals surface area (Å²) in [5.74, 6) is 0.148. The molecule has 0 fully saturated rings.